The molecule has 3 rings (SSSR count). The van der Waals surface area contributed by atoms with Crippen LogP contribution in [0.25, 0.3) is 5.65 Å². The Kier molecular flexibility index (Phi) is 3.61. The second kappa shape index (κ2) is 5.60. The van der Waals surface area contributed by atoms with Crippen LogP contribution >= 0.6 is 0 Å². The van der Waals surface area contributed by atoms with E-state index in [4.69, 9.17) is 4.42 Å². The second-order valence-electron chi connectivity index (χ2n) is 5.20. The van der Waals surface area contributed by atoms with Gasteiger partial charge < -0.3 is 14.8 Å². The van der Waals surface area contributed by atoms with E-state index in [-0.39, 0.29) is 6.54 Å². The molecule has 7 heteroatoms. The number of carbonyl (C=O) groups is 1. The van der Waals surface area contributed by atoms with Gasteiger partial charge in [0.15, 0.2) is 5.56 Å². The van der Waals surface area contributed by atoms with E-state index in [1.165, 1.54) is 10.6 Å². The third-order valence-corrected chi connectivity index (χ3v) is 3.48. The first-order valence-corrected chi connectivity index (χ1v) is 7.02. The van der Waals surface area contributed by atoms with E-state index in [2.05, 4.69) is 10.3 Å². The molecule has 3 heterocycles. The number of aromatic hydroxyl groups is 1. The van der Waals surface area contributed by atoms with Crippen LogP contribution in [-0.2, 0) is 6.54 Å². The third kappa shape index (κ3) is 2.68. The lowest BCUT2D eigenvalue weighted by Gasteiger charge is -2.08. The fraction of sp³-hybridized carbons (Fsp3) is 0.188. The fourth-order valence-electron chi connectivity index (χ4n) is 2.32. The van der Waals surface area contributed by atoms with Crippen LogP contribution in [-0.4, -0.2) is 20.4 Å². The summed E-state index contributed by atoms with van der Waals surface area (Å²) in [5.74, 6) is -0.0116. The van der Waals surface area contributed by atoms with Crippen molar-refractivity contribution in [3.05, 3.63) is 63.5 Å². The highest BCUT2D eigenvalue weighted by Gasteiger charge is 2.20. The number of aryl methyl sites for hydroxylation is 2. The zero-order chi connectivity index (χ0) is 16.6. The molecule has 0 aliphatic carbocycles. The van der Waals surface area contributed by atoms with Crippen molar-refractivity contribution in [3.63, 3.8) is 0 Å². The molecule has 2 N–H and O–H groups in total. The molecule has 118 valence electrons. The molecule has 1 amide bonds. The highest BCUT2D eigenvalue weighted by Crippen LogP contribution is 2.14. The first-order valence-electron chi connectivity index (χ1n) is 7.02. The molecule has 0 atom stereocenters. The smallest absolute Gasteiger partial charge is 0.274 e. The zero-order valence-electron chi connectivity index (χ0n) is 12.7. The van der Waals surface area contributed by atoms with Gasteiger partial charge in [0.05, 0.1) is 6.54 Å². The topological polar surface area (TPSA) is 96.8 Å². The van der Waals surface area contributed by atoms with Gasteiger partial charge in [0.2, 0.25) is 5.88 Å². The zero-order valence-corrected chi connectivity index (χ0v) is 12.7. The second-order valence-corrected chi connectivity index (χ2v) is 5.20. The van der Waals surface area contributed by atoms with Crippen molar-refractivity contribution in [2.45, 2.75) is 20.4 Å². The minimum atomic E-state index is -0.704. The molecule has 23 heavy (non-hydrogen) atoms. The lowest BCUT2D eigenvalue weighted by atomic mass is 10.2. The lowest BCUT2D eigenvalue weighted by Crippen LogP contribution is -2.31. The van der Waals surface area contributed by atoms with Gasteiger partial charge in [-0.15, -0.1) is 0 Å². The minimum absolute atomic E-state index is 0.113. The van der Waals surface area contributed by atoms with Crippen molar-refractivity contribution in [3.8, 4) is 5.88 Å². The number of hydrogen-bond donors (Lipinski definition) is 2. The molecular formula is C16H15N3O4. The van der Waals surface area contributed by atoms with E-state index in [1.54, 1.807) is 38.1 Å². The first-order chi connectivity index (χ1) is 11.0. The predicted molar refractivity (Wildman–Crippen MR) is 82.5 cm³/mol. The Morgan fingerprint density at radius 3 is 2.83 bits per heavy atom. The monoisotopic (exact) mass is 313 g/mol. The number of hydrogen-bond acceptors (Lipinski definition) is 5. The third-order valence-electron chi connectivity index (χ3n) is 3.48. The maximum absolute atomic E-state index is 12.4. The number of nitrogens with zero attached hydrogens (tertiary/aromatic N) is 2. The van der Waals surface area contributed by atoms with Crippen LogP contribution in [0.4, 0.5) is 0 Å². The highest BCUT2D eigenvalue weighted by molar-refractivity contribution is 5.96. The summed E-state index contributed by atoms with van der Waals surface area (Å²) >= 11 is 0. The summed E-state index contributed by atoms with van der Waals surface area (Å²) in [4.78, 5) is 28.6. The Morgan fingerprint density at radius 2 is 2.13 bits per heavy atom. The molecular weight excluding hydrogens is 298 g/mol. The number of furan rings is 1. The molecule has 3 aromatic heterocycles. The van der Waals surface area contributed by atoms with Crippen LogP contribution in [0.1, 0.15) is 27.4 Å². The minimum Gasteiger partial charge on any atom is -0.493 e. The number of amides is 1. The van der Waals surface area contributed by atoms with E-state index in [9.17, 15) is 14.7 Å². The number of nitrogens with one attached hydrogen (secondary N) is 1. The standard InChI is InChI=1S/C16H15N3O4/c1-9-4-3-7-19-13(9)18-15(21)12(16(19)22)14(20)17-8-11-6-5-10(2)23-11/h3-7,21H,8H2,1-2H3,(H,17,20). The quantitative estimate of drug-likeness (QED) is 0.764. The SMILES string of the molecule is Cc1ccc(CNC(=O)c2c(O)nc3c(C)cccn3c2=O)o1. The molecule has 0 radical (unpaired) electrons. The van der Waals surface area contributed by atoms with Gasteiger partial charge in [-0.05, 0) is 37.6 Å². The summed E-state index contributed by atoms with van der Waals surface area (Å²) in [5, 5.41) is 12.5. The molecule has 0 unspecified atom stereocenters. The summed E-state index contributed by atoms with van der Waals surface area (Å²) in [7, 11) is 0. The van der Waals surface area contributed by atoms with Crippen LogP contribution in [0.2, 0.25) is 0 Å². The van der Waals surface area contributed by atoms with Gasteiger partial charge in [-0.2, -0.15) is 4.98 Å². The van der Waals surface area contributed by atoms with Gasteiger partial charge in [0.25, 0.3) is 11.5 Å². The maximum Gasteiger partial charge on any atom is 0.274 e. The molecule has 0 aliphatic rings. The molecule has 7 nitrogen and oxygen atoms in total. The van der Waals surface area contributed by atoms with Gasteiger partial charge >= 0.3 is 0 Å². The number of pyridine rings is 1. The molecule has 0 bridgehead atoms. The number of fused-ring (bicyclic) bond motifs is 1. The fourth-order valence-corrected chi connectivity index (χ4v) is 2.32. The largest absolute Gasteiger partial charge is 0.493 e. The van der Waals surface area contributed by atoms with Gasteiger partial charge in [-0.3, -0.25) is 14.0 Å². The summed E-state index contributed by atoms with van der Waals surface area (Å²) in [6.07, 6.45) is 1.50. The maximum atomic E-state index is 12.4. The highest BCUT2D eigenvalue weighted by atomic mass is 16.3. The summed E-state index contributed by atoms with van der Waals surface area (Å²) in [6, 6.07) is 6.94. The van der Waals surface area contributed by atoms with Crippen LogP contribution in [0.3, 0.4) is 0 Å². The van der Waals surface area contributed by atoms with Crippen molar-refractivity contribution in [1.82, 2.24) is 14.7 Å². The van der Waals surface area contributed by atoms with Gasteiger partial charge in [0.1, 0.15) is 17.2 Å². The van der Waals surface area contributed by atoms with E-state index in [1.807, 2.05) is 0 Å². The Hall–Kier alpha value is -3.09. The van der Waals surface area contributed by atoms with Crippen molar-refractivity contribution < 1.29 is 14.3 Å². The van der Waals surface area contributed by atoms with Crippen LogP contribution in [0.5, 0.6) is 5.88 Å². The average Bonchev–Trinajstić information content (AvgIpc) is 2.92. The Bertz CT molecular complexity index is 956. The Balaban J connectivity index is 1.95. The van der Waals surface area contributed by atoms with Crippen molar-refractivity contribution in [2.75, 3.05) is 0 Å². The number of rotatable bonds is 3. The van der Waals surface area contributed by atoms with Crippen LogP contribution < -0.4 is 10.9 Å². The van der Waals surface area contributed by atoms with E-state index >= 15 is 0 Å². The van der Waals surface area contributed by atoms with E-state index < -0.39 is 22.9 Å². The first kappa shape index (κ1) is 14.8. The summed E-state index contributed by atoms with van der Waals surface area (Å²) < 4.78 is 6.58. The molecule has 0 fully saturated rings. The normalized spacial score (nSPS) is 10.9. The molecule has 0 aromatic carbocycles. The molecule has 0 spiro atoms. The Labute approximate surface area is 131 Å². The van der Waals surface area contributed by atoms with Gasteiger partial charge in [0, 0.05) is 6.20 Å². The van der Waals surface area contributed by atoms with E-state index in [0.717, 1.165) is 11.3 Å². The van der Waals surface area contributed by atoms with E-state index in [0.29, 0.717) is 11.4 Å². The van der Waals surface area contributed by atoms with Crippen LogP contribution in [0.15, 0.2) is 39.7 Å². The molecule has 0 saturated carbocycles. The Morgan fingerprint density at radius 1 is 1.35 bits per heavy atom. The van der Waals surface area contributed by atoms with Gasteiger partial charge in [-0.1, -0.05) is 6.07 Å². The average molecular weight is 313 g/mol. The van der Waals surface area contributed by atoms with Crippen molar-refractivity contribution in [2.24, 2.45) is 0 Å². The van der Waals surface area contributed by atoms with Crippen molar-refractivity contribution in [1.29, 1.82) is 0 Å². The summed E-state index contributed by atoms with van der Waals surface area (Å²) in [5.41, 5.74) is 0.0202. The summed E-state index contributed by atoms with van der Waals surface area (Å²) in [6.45, 7) is 3.67. The molecule has 0 saturated heterocycles. The van der Waals surface area contributed by atoms with Crippen LogP contribution in [0, 0.1) is 13.8 Å². The molecule has 3 aromatic rings. The van der Waals surface area contributed by atoms with Gasteiger partial charge in [-0.25, -0.2) is 0 Å². The predicted octanol–water partition coefficient (Wildman–Crippen LogP) is 1.54. The lowest BCUT2D eigenvalue weighted by molar-refractivity contribution is 0.0942. The molecule has 0 aliphatic heterocycles. The number of carbonyl (C=O) groups excluding carboxylic acids is 1. The number of aromatic nitrogens is 2. The van der Waals surface area contributed by atoms with Crippen molar-refractivity contribution >= 4 is 11.6 Å².